The zero-order valence-corrected chi connectivity index (χ0v) is 18.5. The molecule has 6 nitrogen and oxygen atoms in total. The first-order valence-electron chi connectivity index (χ1n) is 10.4. The number of thiazole rings is 1. The predicted molar refractivity (Wildman–Crippen MR) is 120 cm³/mol. The molecule has 1 amide bonds. The number of rotatable bonds is 5. The van der Waals surface area contributed by atoms with Crippen molar-refractivity contribution >= 4 is 38.5 Å². The maximum absolute atomic E-state index is 13.6. The standard InChI is InChI=1S/C23H25N5OS/c1-13(2)28-21-17(12-24-28)16(11-19(25-21)15-9-10-15)23(29)27(4)14(3)22-26-18-7-5-6-8-20(18)30-22/h5-8,11-15H,9-10H2,1-4H3. The van der Waals surface area contributed by atoms with Crippen LogP contribution < -0.4 is 0 Å². The second-order valence-electron chi connectivity index (χ2n) is 8.40. The summed E-state index contributed by atoms with van der Waals surface area (Å²) in [6, 6.07) is 10.1. The first kappa shape index (κ1) is 19.2. The van der Waals surface area contributed by atoms with Crippen molar-refractivity contribution in [2.75, 3.05) is 7.05 Å². The molecule has 154 valence electrons. The summed E-state index contributed by atoms with van der Waals surface area (Å²) in [5.74, 6) is 0.447. The summed E-state index contributed by atoms with van der Waals surface area (Å²) >= 11 is 1.64. The van der Waals surface area contributed by atoms with Crippen LogP contribution in [0.3, 0.4) is 0 Å². The first-order valence-corrected chi connectivity index (χ1v) is 11.3. The number of carbonyl (C=O) groups excluding carboxylic acids is 1. The van der Waals surface area contributed by atoms with Crippen molar-refractivity contribution in [1.29, 1.82) is 0 Å². The summed E-state index contributed by atoms with van der Waals surface area (Å²) in [6.45, 7) is 6.20. The SMILES string of the molecule is CC(c1nc2ccccc2s1)N(C)C(=O)c1cc(C2CC2)nc2c1cnn2C(C)C. The smallest absolute Gasteiger partial charge is 0.255 e. The van der Waals surface area contributed by atoms with Crippen LogP contribution in [-0.4, -0.2) is 37.6 Å². The minimum atomic E-state index is -0.123. The molecule has 30 heavy (non-hydrogen) atoms. The Labute approximate surface area is 179 Å². The Morgan fingerprint density at radius 3 is 2.67 bits per heavy atom. The van der Waals surface area contributed by atoms with Gasteiger partial charge in [-0.2, -0.15) is 5.10 Å². The molecule has 5 rings (SSSR count). The Morgan fingerprint density at radius 1 is 1.20 bits per heavy atom. The lowest BCUT2D eigenvalue weighted by Gasteiger charge is -2.24. The largest absolute Gasteiger partial charge is 0.332 e. The van der Waals surface area contributed by atoms with Gasteiger partial charge < -0.3 is 4.90 Å². The van der Waals surface area contributed by atoms with Crippen LogP contribution >= 0.6 is 11.3 Å². The molecular formula is C23H25N5OS. The molecule has 1 saturated carbocycles. The van der Waals surface area contributed by atoms with Crippen molar-refractivity contribution in [3.8, 4) is 0 Å². The summed E-state index contributed by atoms with van der Waals surface area (Å²) in [5, 5.41) is 6.29. The third-order valence-electron chi connectivity index (χ3n) is 5.87. The highest BCUT2D eigenvalue weighted by atomic mass is 32.1. The van der Waals surface area contributed by atoms with Crippen molar-refractivity contribution in [3.63, 3.8) is 0 Å². The fraction of sp³-hybridized carbons (Fsp3) is 0.391. The molecule has 0 radical (unpaired) electrons. The van der Waals surface area contributed by atoms with Crippen LogP contribution in [0.25, 0.3) is 21.3 Å². The van der Waals surface area contributed by atoms with E-state index in [2.05, 4.69) is 25.0 Å². The summed E-state index contributed by atoms with van der Waals surface area (Å²) in [5.41, 5.74) is 3.48. The molecule has 1 fully saturated rings. The normalized spacial score (nSPS) is 15.2. The molecule has 1 aliphatic rings. The first-order chi connectivity index (χ1) is 14.4. The summed E-state index contributed by atoms with van der Waals surface area (Å²) < 4.78 is 3.05. The zero-order valence-electron chi connectivity index (χ0n) is 17.7. The van der Waals surface area contributed by atoms with Crippen LogP contribution in [0.4, 0.5) is 0 Å². The fourth-order valence-electron chi connectivity index (χ4n) is 3.78. The second kappa shape index (κ2) is 7.16. The van der Waals surface area contributed by atoms with E-state index in [-0.39, 0.29) is 18.0 Å². The molecule has 1 unspecified atom stereocenters. The number of fused-ring (bicyclic) bond motifs is 2. The summed E-state index contributed by atoms with van der Waals surface area (Å²) in [7, 11) is 1.86. The average molecular weight is 420 g/mol. The molecule has 0 N–H and O–H groups in total. The lowest BCUT2D eigenvalue weighted by Crippen LogP contribution is -2.30. The third-order valence-corrected chi connectivity index (χ3v) is 7.08. The minimum absolute atomic E-state index is 0.0145. The molecule has 1 atom stereocenters. The summed E-state index contributed by atoms with van der Waals surface area (Å²) in [6.07, 6.45) is 4.06. The highest BCUT2D eigenvalue weighted by Crippen LogP contribution is 2.40. The molecule has 4 aromatic rings. The van der Waals surface area contributed by atoms with Crippen LogP contribution in [0, 0.1) is 0 Å². The summed E-state index contributed by atoms with van der Waals surface area (Å²) in [4.78, 5) is 25.0. The van der Waals surface area contributed by atoms with Crippen molar-refractivity contribution < 1.29 is 4.79 Å². The van der Waals surface area contributed by atoms with Gasteiger partial charge in [-0.25, -0.2) is 14.6 Å². The van der Waals surface area contributed by atoms with Crippen LogP contribution in [-0.2, 0) is 0 Å². The van der Waals surface area contributed by atoms with Crippen molar-refractivity contribution in [2.45, 2.75) is 51.6 Å². The lowest BCUT2D eigenvalue weighted by molar-refractivity contribution is 0.0744. The van der Waals surface area contributed by atoms with E-state index in [9.17, 15) is 4.79 Å². The van der Waals surface area contributed by atoms with Gasteiger partial charge in [-0.05, 0) is 51.8 Å². The maximum Gasteiger partial charge on any atom is 0.255 e. The molecule has 0 saturated heterocycles. The highest BCUT2D eigenvalue weighted by Gasteiger charge is 2.30. The van der Waals surface area contributed by atoms with Crippen molar-refractivity contribution in [1.82, 2.24) is 24.6 Å². The van der Waals surface area contributed by atoms with Gasteiger partial charge in [0.25, 0.3) is 5.91 Å². The quantitative estimate of drug-likeness (QED) is 0.438. The van der Waals surface area contributed by atoms with E-state index in [1.807, 2.05) is 42.9 Å². The van der Waals surface area contributed by atoms with Gasteiger partial charge >= 0.3 is 0 Å². The topological polar surface area (TPSA) is 63.9 Å². The Morgan fingerprint density at radius 2 is 1.97 bits per heavy atom. The van der Waals surface area contributed by atoms with E-state index >= 15 is 0 Å². The fourth-order valence-corrected chi connectivity index (χ4v) is 4.84. The lowest BCUT2D eigenvalue weighted by atomic mass is 10.1. The van der Waals surface area contributed by atoms with Gasteiger partial charge in [0.05, 0.1) is 33.4 Å². The Hall–Kier alpha value is -2.80. The van der Waals surface area contributed by atoms with E-state index in [1.54, 1.807) is 22.4 Å². The van der Waals surface area contributed by atoms with Crippen LogP contribution in [0.2, 0.25) is 0 Å². The van der Waals surface area contributed by atoms with Gasteiger partial charge in [0.1, 0.15) is 5.01 Å². The number of aromatic nitrogens is 4. The van der Waals surface area contributed by atoms with Gasteiger partial charge in [-0.15, -0.1) is 11.3 Å². The van der Waals surface area contributed by atoms with Gasteiger partial charge in [-0.3, -0.25) is 4.79 Å². The number of nitrogens with zero attached hydrogens (tertiary/aromatic N) is 5. The highest BCUT2D eigenvalue weighted by molar-refractivity contribution is 7.18. The predicted octanol–water partition coefficient (Wildman–Crippen LogP) is 5.33. The van der Waals surface area contributed by atoms with Crippen molar-refractivity contribution in [2.24, 2.45) is 0 Å². The molecule has 0 bridgehead atoms. The molecule has 0 aliphatic heterocycles. The van der Waals surface area contributed by atoms with E-state index in [1.165, 1.54) is 0 Å². The van der Waals surface area contributed by atoms with Crippen LogP contribution in [0.15, 0.2) is 36.5 Å². The molecular weight excluding hydrogens is 394 g/mol. The number of hydrogen-bond donors (Lipinski definition) is 0. The number of hydrogen-bond acceptors (Lipinski definition) is 5. The molecule has 1 aromatic carbocycles. The Balaban J connectivity index is 1.54. The van der Waals surface area contributed by atoms with Gasteiger partial charge in [0.2, 0.25) is 0 Å². The van der Waals surface area contributed by atoms with E-state index in [4.69, 9.17) is 9.97 Å². The second-order valence-corrected chi connectivity index (χ2v) is 9.46. The Bertz CT molecular complexity index is 1220. The molecule has 3 aromatic heterocycles. The van der Waals surface area contributed by atoms with Crippen LogP contribution in [0.5, 0.6) is 0 Å². The number of carbonyl (C=O) groups is 1. The minimum Gasteiger partial charge on any atom is -0.332 e. The molecule has 3 heterocycles. The average Bonchev–Trinajstić information content (AvgIpc) is 3.35. The number of benzene rings is 1. The Kier molecular flexibility index (Phi) is 4.58. The van der Waals surface area contributed by atoms with Gasteiger partial charge in [0.15, 0.2) is 5.65 Å². The van der Waals surface area contributed by atoms with Crippen LogP contribution in [0.1, 0.15) is 72.7 Å². The molecule has 0 spiro atoms. The van der Waals surface area contributed by atoms with E-state index in [0.717, 1.165) is 44.8 Å². The number of pyridine rings is 1. The number of amides is 1. The zero-order chi connectivity index (χ0) is 21.0. The van der Waals surface area contributed by atoms with E-state index in [0.29, 0.717) is 11.5 Å². The van der Waals surface area contributed by atoms with Gasteiger partial charge in [0, 0.05) is 24.7 Å². The maximum atomic E-state index is 13.6. The number of para-hydroxylation sites is 1. The molecule has 1 aliphatic carbocycles. The monoisotopic (exact) mass is 419 g/mol. The van der Waals surface area contributed by atoms with Crippen molar-refractivity contribution in [3.05, 3.63) is 52.8 Å². The third kappa shape index (κ3) is 3.17. The molecule has 7 heteroatoms. The van der Waals surface area contributed by atoms with Gasteiger partial charge in [-0.1, -0.05) is 12.1 Å². The van der Waals surface area contributed by atoms with E-state index < -0.39 is 0 Å².